The molecule has 0 bridgehead atoms. The zero-order valence-electron chi connectivity index (χ0n) is 12.8. The molecule has 6 nitrogen and oxygen atoms in total. The maximum atomic E-state index is 11.9. The Hall–Kier alpha value is -2.24. The highest BCUT2D eigenvalue weighted by Gasteiger charge is 2.32. The number of aliphatic carboxylic acids is 1. The maximum absolute atomic E-state index is 11.9. The standard InChI is InChI=1S/C15H22N2O4/c1-5-21-11-8-6-7-10(9-11)16-14(20)17-12(13(18)19)15(2,3)4/h6-9,12H,5H2,1-4H3,(H,18,19)(H2,16,17,20). The van der Waals surface area contributed by atoms with Gasteiger partial charge in [-0.1, -0.05) is 26.8 Å². The van der Waals surface area contributed by atoms with Gasteiger partial charge in [-0.25, -0.2) is 9.59 Å². The third-order valence-electron chi connectivity index (χ3n) is 2.79. The highest BCUT2D eigenvalue weighted by Crippen LogP contribution is 2.20. The predicted molar refractivity (Wildman–Crippen MR) is 80.6 cm³/mol. The normalized spacial score (nSPS) is 12.4. The molecule has 0 saturated heterocycles. The molecular formula is C15H22N2O4. The van der Waals surface area contributed by atoms with Gasteiger partial charge in [-0.3, -0.25) is 0 Å². The van der Waals surface area contributed by atoms with Crippen molar-refractivity contribution in [1.29, 1.82) is 0 Å². The van der Waals surface area contributed by atoms with Crippen molar-refractivity contribution >= 4 is 17.7 Å². The van der Waals surface area contributed by atoms with Gasteiger partial charge in [-0.15, -0.1) is 0 Å². The van der Waals surface area contributed by atoms with Crippen LogP contribution in [0.4, 0.5) is 10.5 Å². The van der Waals surface area contributed by atoms with Crippen LogP contribution in [0, 0.1) is 5.41 Å². The van der Waals surface area contributed by atoms with E-state index < -0.39 is 23.5 Å². The quantitative estimate of drug-likeness (QED) is 0.779. The number of ether oxygens (including phenoxy) is 1. The Kier molecular flexibility index (Phi) is 5.58. The van der Waals surface area contributed by atoms with Gasteiger partial charge >= 0.3 is 12.0 Å². The fraction of sp³-hybridized carbons (Fsp3) is 0.467. The second-order valence-electron chi connectivity index (χ2n) is 5.70. The van der Waals surface area contributed by atoms with E-state index in [4.69, 9.17) is 4.74 Å². The molecule has 116 valence electrons. The minimum absolute atomic E-state index is 0.529. The number of carbonyl (C=O) groups excluding carboxylic acids is 1. The molecule has 0 saturated carbocycles. The lowest BCUT2D eigenvalue weighted by Crippen LogP contribution is -2.50. The Labute approximate surface area is 124 Å². The number of benzene rings is 1. The summed E-state index contributed by atoms with van der Waals surface area (Å²) in [4.78, 5) is 23.1. The van der Waals surface area contributed by atoms with E-state index in [-0.39, 0.29) is 0 Å². The molecule has 6 heteroatoms. The smallest absolute Gasteiger partial charge is 0.326 e. The number of anilines is 1. The van der Waals surface area contributed by atoms with Crippen LogP contribution < -0.4 is 15.4 Å². The van der Waals surface area contributed by atoms with Crippen LogP contribution in [-0.2, 0) is 4.79 Å². The van der Waals surface area contributed by atoms with Gasteiger partial charge in [0.15, 0.2) is 0 Å². The Bertz CT molecular complexity index is 509. The van der Waals surface area contributed by atoms with Crippen LogP contribution in [0.2, 0.25) is 0 Å². The molecule has 21 heavy (non-hydrogen) atoms. The molecule has 1 aromatic rings. The van der Waals surface area contributed by atoms with Crippen molar-refractivity contribution in [3.63, 3.8) is 0 Å². The van der Waals surface area contributed by atoms with Crippen LogP contribution in [0.5, 0.6) is 5.75 Å². The molecule has 0 heterocycles. The Morgan fingerprint density at radius 2 is 2.00 bits per heavy atom. The van der Waals surface area contributed by atoms with Gasteiger partial charge in [0.1, 0.15) is 11.8 Å². The molecule has 1 atom stereocenters. The summed E-state index contributed by atoms with van der Waals surface area (Å²) < 4.78 is 5.34. The summed E-state index contributed by atoms with van der Waals surface area (Å²) in [6.07, 6.45) is 0. The predicted octanol–water partition coefficient (Wildman–Crippen LogP) is 2.71. The van der Waals surface area contributed by atoms with Gasteiger partial charge < -0.3 is 20.5 Å². The summed E-state index contributed by atoms with van der Waals surface area (Å²) >= 11 is 0. The minimum Gasteiger partial charge on any atom is -0.494 e. The van der Waals surface area contributed by atoms with Gasteiger partial charge in [0.05, 0.1) is 6.61 Å². The molecule has 0 spiro atoms. The second-order valence-corrected chi connectivity index (χ2v) is 5.70. The molecule has 1 unspecified atom stereocenters. The van der Waals surface area contributed by atoms with E-state index in [0.29, 0.717) is 18.0 Å². The molecule has 0 radical (unpaired) electrons. The van der Waals surface area contributed by atoms with Crippen molar-refractivity contribution in [2.45, 2.75) is 33.7 Å². The third kappa shape index (κ3) is 5.33. The summed E-state index contributed by atoms with van der Waals surface area (Å²) in [6.45, 7) is 7.65. The van der Waals surface area contributed by atoms with E-state index in [9.17, 15) is 14.7 Å². The van der Waals surface area contributed by atoms with E-state index in [1.54, 1.807) is 45.0 Å². The molecule has 0 aromatic heterocycles. The van der Waals surface area contributed by atoms with Crippen molar-refractivity contribution in [2.24, 2.45) is 5.41 Å². The van der Waals surface area contributed by atoms with E-state index in [1.807, 2.05) is 6.92 Å². The maximum Gasteiger partial charge on any atom is 0.326 e. The third-order valence-corrected chi connectivity index (χ3v) is 2.79. The van der Waals surface area contributed by atoms with Gasteiger partial charge in [-0.05, 0) is 24.5 Å². The largest absolute Gasteiger partial charge is 0.494 e. The Balaban J connectivity index is 2.72. The zero-order valence-corrected chi connectivity index (χ0v) is 12.8. The number of urea groups is 1. The van der Waals surface area contributed by atoms with Crippen LogP contribution in [0.1, 0.15) is 27.7 Å². The highest BCUT2D eigenvalue weighted by atomic mass is 16.5. The number of hydrogen-bond acceptors (Lipinski definition) is 3. The van der Waals surface area contributed by atoms with Gasteiger partial charge in [0, 0.05) is 11.8 Å². The topological polar surface area (TPSA) is 87.7 Å². The lowest BCUT2D eigenvalue weighted by molar-refractivity contribution is -0.141. The zero-order chi connectivity index (χ0) is 16.0. The molecule has 2 amide bonds. The van der Waals surface area contributed by atoms with Crippen molar-refractivity contribution in [3.8, 4) is 5.75 Å². The summed E-state index contributed by atoms with van der Waals surface area (Å²) in [5.41, 5.74) is -0.0485. The molecular weight excluding hydrogens is 272 g/mol. The number of nitrogens with one attached hydrogen (secondary N) is 2. The SMILES string of the molecule is CCOc1cccc(NC(=O)NC(C(=O)O)C(C)(C)C)c1. The van der Waals surface area contributed by atoms with Crippen LogP contribution >= 0.6 is 0 Å². The lowest BCUT2D eigenvalue weighted by Gasteiger charge is -2.27. The second kappa shape index (κ2) is 6.97. The first-order chi connectivity index (χ1) is 9.74. The van der Waals surface area contributed by atoms with E-state index in [2.05, 4.69) is 10.6 Å². The lowest BCUT2D eigenvalue weighted by atomic mass is 9.87. The fourth-order valence-corrected chi connectivity index (χ4v) is 1.78. The number of hydrogen-bond donors (Lipinski definition) is 3. The number of carboxylic acids is 1. The number of rotatable bonds is 5. The van der Waals surface area contributed by atoms with E-state index in [0.717, 1.165) is 0 Å². The summed E-state index contributed by atoms with van der Waals surface area (Å²) in [7, 11) is 0. The van der Waals surface area contributed by atoms with Gasteiger partial charge in [-0.2, -0.15) is 0 Å². The molecule has 0 aliphatic heterocycles. The number of amides is 2. The van der Waals surface area contributed by atoms with Crippen LogP contribution in [0.25, 0.3) is 0 Å². The highest BCUT2D eigenvalue weighted by molar-refractivity contribution is 5.92. The van der Waals surface area contributed by atoms with Crippen molar-refractivity contribution < 1.29 is 19.4 Å². The Morgan fingerprint density at radius 1 is 1.33 bits per heavy atom. The Morgan fingerprint density at radius 3 is 2.52 bits per heavy atom. The molecule has 0 aliphatic carbocycles. The van der Waals surface area contributed by atoms with Gasteiger partial charge in [0.2, 0.25) is 0 Å². The molecule has 3 N–H and O–H groups in total. The van der Waals surface area contributed by atoms with Crippen LogP contribution in [0.3, 0.4) is 0 Å². The number of carboxylic acid groups (broad SMARTS) is 1. The molecule has 0 aliphatic rings. The van der Waals surface area contributed by atoms with Crippen molar-refractivity contribution in [2.75, 3.05) is 11.9 Å². The first-order valence-corrected chi connectivity index (χ1v) is 6.77. The minimum atomic E-state index is -1.07. The average Bonchev–Trinajstić information content (AvgIpc) is 2.35. The first kappa shape index (κ1) is 16.8. The van der Waals surface area contributed by atoms with Gasteiger partial charge in [0.25, 0.3) is 0 Å². The summed E-state index contributed by atoms with van der Waals surface area (Å²) in [6, 6.07) is 5.37. The first-order valence-electron chi connectivity index (χ1n) is 6.77. The van der Waals surface area contributed by atoms with E-state index >= 15 is 0 Å². The van der Waals surface area contributed by atoms with Crippen LogP contribution in [-0.4, -0.2) is 29.8 Å². The number of carbonyl (C=O) groups is 2. The molecule has 1 aromatic carbocycles. The van der Waals surface area contributed by atoms with Crippen molar-refractivity contribution in [1.82, 2.24) is 5.32 Å². The summed E-state index contributed by atoms with van der Waals surface area (Å²) in [5.74, 6) is -0.429. The monoisotopic (exact) mass is 294 g/mol. The molecule has 1 rings (SSSR count). The van der Waals surface area contributed by atoms with E-state index in [1.165, 1.54) is 0 Å². The average molecular weight is 294 g/mol. The molecule has 0 fully saturated rings. The van der Waals surface area contributed by atoms with Crippen LogP contribution in [0.15, 0.2) is 24.3 Å². The summed E-state index contributed by atoms with van der Waals surface area (Å²) in [5, 5.41) is 14.2. The fourth-order valence-electron chi connectivity index (χ4n) is 1.78. The van der Waals surface area contributed by atoms with Crippen molar-refractivity contribution in [3.05, 3.63) is 24.3 Å².